The van der Waals surface area contributed by atoms with Gasteiger partial charge in [0.2, 0.25) is 5.78 Å². The zero-order chi connectivity index (χ0) is 26.2. The number of aromatic nitrogens is 2. The molecule has 0 saturated heterocycles. The molecule has 3 rings (SSSR count). The number of para-hydroxylation sites is 1. The van der Waals surface area contributed by atoms with E-state index in [1.54, 1.807) is 13.0 Å². The summed E-state index contributed by atoms with van der Waals surface area (Å²) in [4.78, 5) is 49.4. The number of anilines is 1. The summed E-state index contributed by atoms with van der Waals surface area (Å²) >= 11 is 0. The van der Waals surface area contributed by atoms with Gasteiger partial charge in [0.15, 0.2) is 18.1 Å². The summed E-state index contributed by atoms with van der Waals surface area (Å²) in [7, 11) is 2.55. The summed E-state index contributed by atoms with van der Waals surface area (Å²) in [5.41, 5.74) is 3.91. The summed E-state index contributed by atoms with van der Waals surface area (Å²) in [6, 6.07) is 13.7. The number of carbonyl (C=O) groups is 2. The van der Waals surface area contributed by atoms with E-state index in [1.807, 2.05) is 30.3 Å². The maximum Gasteiger partial charge on any atom is 0.338 e. The van der Waals surface area contributed by atoms with E-state index >= 15 is 0 Å². The van der Waals surface area contributed by atoms with Crippen LogP contribution in [0.4, 0.5) is 5.82 Å². The minimum atomic E-state index is -0.868. The molecule has 0 bridgehead atoms. The Bertz CT molecular complexity index is 1360. The number of nitrogen functional groups attached to an aromatic ring is 1. The molecular weight excluding hydrogens is 470 g/mol. The van der Waals surface area contributed by atoms with Crippen molar-refractivity contribution < 1.29 is 28.5 Å². The molecule has 0 amide bonds. The van der Waals surface area contributed by atoms with Gasteiger partial charge in [-0.25, -0.2) is 9.59 Å². The first kappa shape index (κ1) is 26.1. The minimum Gasteiger partial charge on any atom is -0.490 e. The van der Waals surface area contributed by atoms with Crippen LogP contribution in [0.1, 0.15) is 27.6 Å². The second kappa shape index (κ2) is 11.7. The SMILES string of the molecule is CCOc1cc(C(=O)OCC(=O)c2c(N)n(C)c(=O)n(C)c2=O)ccc1OCCOc1ccccc1. The average Bonchev–Trinajstić information content (AvgIpc) is 2.89. The van der Waals surface area contributed by atoms with Crippen molar-refractivity contribution in [1.82, 2.24) is 9.13 Å². The Morgan fingerprint density at radius 2 is 1.58 bits per heavy atom. The van der Waals surface area contributed by atoms with Gasteiger partial charge in [-0.2, -0.15) is 0 Å². The van der Waals surface area contributed by atoms with Crippen molar-refractivity contribution in [1.29, 1.82) is 0 Å². The second-order valence-corrected chi connectivity index (χ2v) is 7.57. The molecule has 1 aromatic heterocycles. The molecule has 0 spiro atoms. The number of hydrogen-bond acceptors (Lipinski definition) is 9. The highest BCUT2D eigenvalue weighted by atomic mass is 16.5. The molecule has 0 aliphatic carbocycles. The molecule has 11 nitrogen and oxygen atoms in total. The topological polar surface area (TPSA) is 141 Å². The zero-order valence-electron chi connectivity index (χ0n) is 20.2. The van der Waals surface area contributed by atoms with Crippen LogP contribution in [-0.2, 0) is 18.8 Å². The van der Waals surface area contributed by atoms with Gasteiger partial charge in [-0.05, 0) is 37.3 Å². The van der Waals surface area contributed by atoms with Gasteiger partial charge in [0.25, 0.3) is 5.56 Å². The second-order valence-electron chi connectivity index (χ2n) is 7.57. The molecule has 1 heterocycles. The Morgan fingerprint density at radius 1 is 0.889 bits per heavy atom. The molecule has 0 aliphatic heterocycles. The molecule has 0 radical (unpaired) electrons. The molecule has 0 saturated carbocycles. The predicted octanol–water partition coefficient (Wildman–Crippen LogP) is 1.56. The molecular formula is C25H27N3O8. The molecule has 190 valence electrons. The van der Waals surface area contributed by atoms with Gasteiger partial charge in [-0.15, -0.1) is 0 Å². The van der Waals surface area contributed by atoms with Crippen LogP contribution in [0, 0.1) is 0 Å². The number of nitrogens with zero attached hydrogens (tertiary/aromatic N) is 2. The quantitative estimate of drug-likeness (QED) is 0.237. The molecule has 2 aromatic carbocycles. The van der Waals surface area contributed by atoms with Crippen LogP contribution >= 0.6 is 0 Å². The molecule has 3 aromatic rings. The molecule has 0 fully saturated rings. The lowest BCUT2D eigenvalue weighted by molar-refractivity contribution is 0.0473. The summed E-state index contributed by atoms with van der Waals surface area (Å²) < 4.78 is 23.7. The first-order valence-electron chi connectivity index (χ1n) is 11.1. The number of ketones is 1. The van der Waals surface area contributed by atoms with E-state index in [0.29, 0.717) is 24.7 Å². The number of hydrogen-bond donors (Lipinski definition) is 1. The molecule has 0 aliphatic rings. The van der Waals surface area contributed by atoms with Crippen molar-refractivity contribution in [2.24, 2.45) is 14.1 Å². The Balaban J connectivity index is 1.65. The number of Topliss-reactive ketones (excluding diaryl/α,β-unsaturated/α-hetero) is 1. The molecule has 0 unspecified atom stereocenters. The first-order valence-corrected chi connectivity index (χ1v) is 11.1. The summed E-state index contributed by atoms with van der Waals surface area (Å²) in [5.74, 6) is -0.516. The molecule has 2 N–H and O–H groups in total. The van der Waals surface area contributed by atoms with Crippen molar-refractivity contribution in [3.63, 3.8) is 0 Å². The fraction of sp³-hybridized carbons (Fsp3) is 0.280. The normalized spacial score (nSPS) is 10.5. The van der Waals surface area contributed by atoms with Crippen molar-refractivity contribution in [2.45, 2.75) is 6.92 Å². The number of ether oxygens (including phenoxy) is 4. The fourth-order valence-electron chi connectivity index (χ4n) is 3.26. The van der Waals surface area contributed by atoms with Crippen LogP contribution in [0.25, 0.3) is 0 Å². The van der Waals surface area contributed by atoms with Gasteiger partial charge in [-0.1, -0.05) is 18.2 Å². The monoisotopic (exact) mass is 497 g/mol. The van der Waals surface area contributed by atoms with Crippen molar-refractivity contribution >= 4 is 17.6 Å². The van der Waals surface area contributed by atoms with Crippen molar-refractivity contribution in [2.75, 3.05) is 32.2 Å². The summed E-state index contributed by atoms with van der Waals surface area (Å²) in [6.07, 6.45) is 0. The highest BCUT2D eigenvalue weighted by molar-refractivity contribution is 6.02. The van der Waals surface area contributed by atoms with E-state index in [2.05, 4.69) is 0 Å². The van der Waals surface area contributed by atoms with E-state index in [4.69, 9.17) is 24.7 Å². The van der Waals surface area contributed by atoms with Crippen molar-refractivity contribution in [3.8, 4) is 17.2 Å². The predicted molar refractivity (Wildman–Crippen MR) is 131 cm³/mol. The van der Waals surface area contributed by atoms with E-state index in [9.17, 15) is 19.2 Å². The Hall–Kier alpha value is -4.54. The van der Waals surface area contributed by atoms with Gasteiger partial charge in [0.1, 0.15) is 30.3 Å². The number of esters is 1. The largest absolute Gasteiger partial charge is 0.490 e. The third-order valence-electron chi connectivity index (χ3n) is 5.16. The summed E-state index contributed by atoms with van der Waals surface area (Å²) in [5, 5.41) is 0. The van der Waals surface area contributed by atoms with Crippen LogP contribution in [-0.4, -0.2) is 47.3 Å². The van der Waals surface area contributed by atoms with E-state index in [0.717, 1.165) is 14.9 Å². The van der Waals surface area contributed by atoms with Gasteiger partial charge >= 0.3 is 11.7 Å². The van der Waals surface area contributed by atoms with Gasteiger partial charge in [-0.3, -0.25) is 18.7 Å². The molecule has 11 heteroatoms. The van der Waals surface area contributed by atoms with E-state index in [-0.39, 0.29) is 18.0 Å². The van der Waals surface area contributed by atoms with Gasteiger partial charge in [0.05, 0.1) is 12.2 Å². The third kappa shape index (κ3) is 5.93. The van der Waals surface area contributed by atoms with Crippen LogP contribution in [0.2, 0.25) is 0 Å². The highest BCUT2D eigenvalue weighted by Gasteiger charge is 2.22. The Kier molecular flexibility index (Phi) is 8.50. The van der Waals surface area contributed by atoms with Crippen LogP contribution < -0.4 is 31.2 Å². The Labute approximate surface area is 206 Å². The first-order chi connectivity index (χ1) is 17.2. The lowest BCUT2D eigenvalue weighted by Crippen LogP contribution is -2.42. The zero-order valence-corrected chi connectivity index (χ0v) is 20.2. The molecule has 0 atom stereocenters. The van der Waals surface area contributed by atoms with Crippen molar-refractivity contribution in [3.05, 3.63) is 80.5 Å². The lowest BCUT2D eigenvalue weighted by atomic mass is 10.2. The smallest absolute Gasteiger partial charge is 0.338 e. The lowest BCUT2D eigenvalue weighted by Gasteiger charge is -2.14. The summed E-state index contributed by atoms with van der Waals surface area (Å²) in [6.45, 7) is 1.90. The number of rotatable bonds is 11. The number of carbonyl (C=O) groups excluding carboxylic acids is 2. The maximum absolute atomic E-state index is 12.6. The number of nitrogens with two attached hydrogens (primary N) is 1. The van der Waals surface area contributed by atoms with E-state index in [1.165, 1.54) is 26.2 Å². The van der Waals surface area contributed by atoms with Crippen LogP contribution in [0.3, 0.4) is 0 Å². The standard InChI is InChI=1S/C25H27N3O8/c1-4-33-20-14-16(10-11-19(20)35-13-12-34-17-8-6-5-7-9-17)24(31)36-15-18(29)21-22(26)27(2)25(32)28(3)23(21)30/h5-11,14H,4,12-13,15,26H2,1-3H3. The van der Waals surface area contributed by atoms with Crippen LogP contribution in [0.5, 0.6) is 17.2 Å². The van der Waals surface area contributed by atoms with E-state index < -0.39 is 35.2 Å². The van der Waals surface area contributed by atoms with Gasteiger partial charge < -0.3 is 24.7 Å². The molecule has 36 heavy (non-hydrogen) atoms. The van der Waals surface area contributed by atoms with Crippen LogP contribution in [0.15, 0.2) is 58.1 Å². The fourth-order valence-corrected chi connectivity index (χ4v) is 3.26. The highest BCUT2D eigenvalue weighted by Crippen LogP contribution is 2.29. The number of benzene rings is 2. The average molecular weight is 498 g/mol. The Morgan fingerprint density at radius 3 is 2.28 bits per heavy atom. The third-order valence-corrected chi connectivity index (χ3v) is 5.16. The maximum atomic E-state index is 12.6. The minimum absolute atomic E-state index is 0.112. The van der Waals surface area contributed by atoms with Gasteiger partial charge in [0, 0.05) is 14.1 Å².